The summed E-state index contributed by atoms with van der Waals surface area (Å²) in [5.41, 5.74) is 0. The van der Waals surface area contributed by atoms with Gasteiger partial charge in [0.1, 0.15) is 5.37 Å². The molecule has 7 heteroatoms. The third kappa shape index (κ3) is 4.13. The Labute approximate surface area is 114 Å². The van der Waals surface area contributed by atoms with Crippen LogP contribution >= 0.6 is 11.8 Å². The standard InChI is InChI=1S/C11H22N2O3S2/c1-4-18(15,16)11-8-17-6-5-13(11)10(14)7-12-9(2)3/h9,11-12H,4-8H2,1-3H3. The summed E-state index contributed by atoms with van der Waals surface area (Å²) in [6.07, 6.45) is 0. The van der Waals surface area contributed by atoms with Crippen LogP contribution in [-0.2, 0) is 14.6 Å². The summed E-state index contributed by atoms with van der Waals surface area (Å²) in [7, 11) is -3.20. The number of carbonyl (C=O) groups is 1. The lowest BCUT2D eigenvalue weighted by Crippen LogP contribution is -2.53. The Hall–Kier alpha value is -0.270. The van der Waals surface area contributed by atoms with Crippen LogP contribution in [0.5, 0.6) is 0 Å². The monoisotopic (exact) mass is 294 g/mol. The fraction of sp³-hybridized carbons (Fsp3) is 0.909. The molecule has 1 saturated heterocycles. The number of amides is 1. The highest BCUT2D eigenvalue weighted by molar-refractivity contribution is 8.01. The topological polar surface area (TPSA) is 66.5 Å². The van der Waals surface area contributed by atoms with Crippen LogP contribution in [0.3, 0.4) is 0 Å². The Morgan fingerprint density at radius 3 is 2.72 bits per heavy atom. The molecule has 1 heterocycles. The molecule has 0 aromatic carbocycles. The summed E-state index contributed by atoms with van der Waals surface area (Å²) < 4.78 is 24.0. The molecule has 1 atom stereocenters. The molecule has 1 aliphatic rings. The van der Waals surface area contributed by atoms with Crippen molar-refractivity contribution < 1.29 is 13.2 Å². The molecule has 0 bridgehead atoms. The molecule has 1 N–H and O–H groups in total. The average Bonchev–Trinajstić information content (AvgIpc) is 2.36. The highest BCUT2D eigenvalue weighted by Gasteiger charge is 2.35. The van der Waals surface area contributed by atoms with Crippen molar-refractivity contribution >= 4 is 27.5 Å². The molecule has 1 amide bonds. The van der Waals surface area contributed by atoms with E-state index in [4.69, 9.17) is 0 Å². The van der Waals surface area contributed by atoms with Gasteiger partial charge < -0.3 is 10.2 Å². The van der Waals surface area contributed by atoms with Gasteiger partial charge in [0.2, 0.25) is 5.91 Å². The van der Waals surface area contributed by atoms with Crippen molar-refractivity contribution in [2.75, 3.05) is 30.3 Å². The van der Waals surface area contributed by atoms with Gasteiger partial charge in [-0.2, -0.15) is 11.8 Å². The van der Waals surface area contributed by atoms with E-state index >= 15 is 0 Å². The number of hydrogen-bond acceptors (Lipinski definition) is 5. The molecule has 0 aromatic rings. The molecule has 0 aliphatic carbocycles. The molecule has 1 aliphatic heterocycles. The van der Waals surface area contributed by atoms with Crippen LogP contribution in [0.25, 0.3) is 0 Å². The van der Waals surface area contributed by atoms with E-state index in [1.54, 1.807) is 18.7 Å². The van der Waals surface area contributed by atoms with Gasteiger partial charge in [-0.3, -0.25) is 4.79 Å². The van der Waals surface area contributed by atoms with Crippen molar-refractivity contribution in [1.82, 2.24) is 10.2 Å². The lowest BCUT2D eigenvalue weighted by atomic mass is 10.3. The van der Waals surface area contributed by atoms with E-state index < -0.39 is 15.2 Å². The third-order valence-corrected chi connectivity index (χ3v) is 6.17. The second-order valence-electron chi connectivity index (χ2n) is 4.60. The van der Waals surface area contributed by atoms with E-state index in [2.05, 4.69) is 5.32 Å². The number of nitrogens with one attached hydrogen (secondary N) is 1. The van der Waals surface area contributed by atoms with Gasteiger partial charge in [0.15, 0.2) is 9.84 Å². The first-order valence-corrected chi connectivity index (χ1v) is 9.07. The molecular formula is C11H22N2O3S2. The van der Waals surface area contributed by atoms with Crippen molar-refractivity contribution in [1.29, 1.82) is 0 Å². The fourth-order valence-electron chi connectivity index (χ4n) is 1.75. The van der Waals surface area contributed by atoms with Gasteiger partial charge in [-0.1, -0.05) is 20.8 Å². The number of hydrogen-bond donors (Lipinski definition) is 1. The lowest BCUT2D eigenvalue weighted by molar-refractivity contribution is -0.130. The Bertz CT molecular complexity index is 382. The molecule has 0 aromatic heterocycles. The van der Waals surface area contributed by atoms with Crippen molar-refractivity contribution in [3.63, 3.8) is 0 Å². The average molecular weight is 294 g/mol. The van der Waals surface area contributed by atoms with E-state index in [-0.39, 0.29) is 24.2 Å². The van der Waals surface area contributed by atoms with Crippen LogP contribution in [0.2, 0.25) is 0 Å². The van der Waals surface area contributed by atoms with Crippen molar-refractivity contribution in [2.24, 2.45) is 0 Å². The van der Waals surface area contributed by atoms with E-state index in [9.17, 15) is 13.2 Å². The predicted octanol–water partition coefficient (Wildman–Crippen LogP) is 0.321. The van der Waals surface area contributed by atoms with Crippen molar-refractivity contribution in [2.45, 2.75) is 32.2 Å². The normalized spacial score (nSPS) is 21.3. The van der Waals surface area contributed by atoms with Gasteiger partial charge >= 0.3 is 0 Å². The summed E-state index contributed by atoms with van der Waals surface area (Å²) in [5.74, 6) is 1.26. The van der Waals surface area contributed by atoms with Crippen LogP contribution in [0.15, 0.2) is 0 Å². The molecule has 1 rings (SSSR count). The largest absolute Gasteiger partial charge is 0.323 e. The molecule has 0 radical (unpaired) electrons. The van der Waals surface area contributed by atoms with E-state index in [0.717, 1.165) is 5.75 Å². The molecule has 5 nitrogen and oxygen atoms in total. The zero-order valence-electron chi connectivity index (χ0n) is 11.2. The van der Waals surface area contributed by atoms with Gasteiger partial charge in [-0.25, -0.2) is 8.42 Å². The summed E-state index contributed by atoms with van der Waals surface area (Å²) >= 11 is 1.60. The molecule has 1 fully saturated rings. The molecule has 0 saturated carbocycles. The number of rotatable bonds is 5. The summed E-state index contributed by atoms with van der Waals surface area (Å²) in [6.45, 7) is 6.27. The first-order chi connectivity index (χ1) is 8.38. The van der Waals surface area contributed by atoms with E-state index in [0.29, 0.717) is 12.3 Å². The Balaban J connectivity index is 2.73. The minimum absolute atomic E-state index is 0.0830. The zero-order chi connectivity index (χ0) is 13.8. The first-order valence-electron chi connectivity index (χ1n) is 6.20. The van der Waals surface area contributed by atoms with Crippen LogP contribution < -0.4 is 5.32 Å². The Morgan fingerprint density at radius 2 is 2.17 bits per heavy atom. The molecular weight excluding hydrogens is 272 g/mol. The maximum absolute atomic E-state index is 12.1. The highest BCUT2D eigenvalue weighted by Crippen LogP contribution is 2.21. The maximum atomic E-state index is 12.1. The van der Waals surface area contributed by atoms with Gasteiger partial charge in [0.05, 0.1) is 6.54 Å². The first kappa shape index (κ1) is 15.8. The smallest absolute Gasteiger partial charge is 0.237 e. The minimum atomic E-state index is -3.20. The van der Waals surface area contributed by atoms with E-state index in [1.165, 1.54) is 4.90 Å². The van der Waals surface area contributed by atoms with Crippen LogP contribution in [-0.4, -0.2) is 61.0 Å². The summed E-state index contributed by atoms with van der Waals surface area (Å²) in [4.78, 5) is 13.6. The SMILES string of the molecule is CCS(=O)(=O)C1CSCCN1C(=O)CNC(C)C. The highest BCUT2D eigenvalue weighted by atomic mass is 32.2. The van der Waals surface area contributed by atoms with Crippen molar-refractivity contribution in [3.05, 3.63) is 0 Å². The molecule has 18 heavy (non-hydrogen) atoms. The predicted molar refractivity (Wildman–Crippen MR) is 75.4 cm³/mol. The quantitative estimate of drug-likeness (QED) is 0.791. The molecule has 1 unspecified atom stereocenters. The summed E-state index contributed by atoms with van der Waals surface area (Å²) in [6, 6.07) is 0.217. The number of thioether (sulfide) groups is 1. The number of sulfone groups is 1. The second kappa shape index (κ2) is 6.77. The molecule has 106 valence electrons. The maximum Gasteiger partial charge on any atom is 0.237 e. The van der Waals surface area contributed by atoms with Crippen molar-refractivity contribution in [3.8, 4) is 0 Å². The summed E-state index contributed by atoms with van der Waals surface area (Å²) in [5, 5.41) is 2.39. The third-order valence-electron chi connectivity index (χ3n) is 2.88. The number of nitrogens with zero attached hydrogens (tertiary/aromatic N) is 1. The Morgan fingerprint density at radius 1 is 1.50 bits per heavy atom. The second-order valence-corrected chi connectivity index (χ2v) is 8.20. The minimum Gasteiger partial charge on any atom is -0.323 e. The van der Waals surface area contributed by atoms with Crippen LogP contribution in [0.4, 0.5) is 0 Å². The lowest BCUT2D eigenvalue weighted by Gasteiger charge is -2.35. The fourth-order valence-corrected chi connectivity index (χ4v) is 4.74. The van der Waals surface area contributed by atoms with Gasteiger partial charge in [0, 0.05) is 29.8 Å². The van der Waals surface area contributed by atoms with Gasteiger partial charge in [-0.05, 0) is 0 Å². The Kier molecular flexibility index (Phi) is 5.94. The van der Waals surface area contributed by atoms with Gasteiger partial charge in [-0.15, -0.1) is 0 Å². The molecule has 0 spiro atoms. The van der Waals surface area contributed by atoms with Crippen LogP contribution in [0.1, 0.15) is 20.8 Å². The van der Waals surface area contributed by atoms with Gasteiger partial charge in [0.25, 0.3) is 0 Å². The zero-order valence-corrected chi connectivity index (χ0v) is 12.8. The van der Waals surface area contributed by atoms with Crippen LogP contribution in [0, 0.1) is 0 Å². The number of carbonyl (C=O) groups excluding carboxylic acids is 1. The van der Waals surface area contributed by atoms with E-state index in [1.807, 2.05) is 13.8 Å².